The molecule has 1 aliphatic rings. The van der Waals surface area contributed by atoms with Crippen molar-refractivity contribution >= 4 is 40.4 Å². The number of methoxy groups -OCH3 is 1. The molecule has 1 heterocycles. The molecular formula is C31H41ClN2O4. The van der Waals surface area contributed by atoms with Crippen molar-refractivity contribution in [2.75, 3.05) is 25.5 Å². The van der Waals surface area contributed by atoms with Gasteiger partial charge in [-0.1, -0.05) is 50.6 Å². The third-order valence-electron chi connectivity index (χ3n) is 5.97. The first-order chi connectivity index (χ1) is 18.1. The van der Waals surface area contributed by atoms with Crippen molar-refractivity contribution in [1.82, 2.24) is 4.90 Å². The number of ether oxygens (including phenoxy) is 2. The van der Waals surface area contributed by atoms with Gasteiger partial charge in [0.1, 0.15) is 11.4 Å². The first kappa shape index (κ1) is 31.0. The van der Waals surface area contributed by atoms with Crippen LogP contribution < -0.4 is 10.1 Å². The molecule has 7 heteroatoms. The normalized spacial score (nSPS) is 13.7. The predicted octanol–water partition coefficient (Wildman–Crippen LogP) is 8.46. The average molecular weight is 541 g/mol. The topological polar surface area (TPSA) is 67.9 Å². The summed E-state index contributed by atoms with van der Waals surface area (Å²) >= 11 is 6.58. The van der Waals surface area contributed by atoms with Crippen LogP contribution in [0.1, 0.15) is 82.8 Å². The van der Waals surface area contributed by atoms with Gasteiger partial charge >= 0.3 is 6.09 Å². The maximum Gasteiger partial charge on any atom is 0.410 e. The minimum absolute atomic E-state index is 0.256. The summed E-state index contributed by atoms with van der Waals surface area (Å²) in [4.78, 5) is 26.9. The van der Waals surface area contributed by atoms with E-state index in [2.05, 4.69) is 18.3 Å². The zero-order valence-electron chi connectivity index (χ0n) is 23.9. The van der Waals surface area contributed by atoms with Crippen LogP contribution in [0, 0.1) is 0 Å². The minimum Gasteiger partial charge on any atom is -0.496 e. The molecule has 6 nitrogen and oxygen atoms in total. The van der Waals surface area contributed by atoms with Gasteiger partial charge in [-0.3, -0.25) is 4.79 Å². The highest BCUT2D eigenvalue weighted by molar-refractivity contribution is 6.32. The Kier molecular flexibility index (Phi) is 11.5. The van der Waals surface area contributed by atoms with Gasteiger partial charge in [0.2, 0.25) is 0 Å². The summed E-state index contributed by atoms with van der Waals surface area (Å²) in [7, 11) is 1.62. The predicted molar refractivity (Wildman–Crippen MR) is 158 cm³/mol. The molecule has 2 amide bonds. The van der Waals surface area contributed by atoms with Crippen LogP contribution in [0.3, 0.4) is 0 Å². The van der Waals surface area contributed by atoms with Crippen LogP contribution >= 0.6 is 11.6 Å². The van der Waals surface area contributed by atoms with Crippen LogP contribution in [-0.2, 0) is 4.74 Å². The number of rotatable bonds is 6. The third-order valence-corrected chi connectivity index (χ3v) is 6.29. The molecule has 0 aromatic heterocycles. The van der Waals surface area contributed by atoms with Gasteiger partial charge in [0.25, 0.3) is 5.91 Å². The Hall–Kier alpha value is -3.25. The quantitative estimate of drug-likeness (QED) is 0.399. The molecule has 206 valence electrons. The molecule has 0 saturated carbocycles. The van der Waals surface area contributed by atoms with Crippen molar-refractivity contribution in [3.05, 3.63) is 70.3 Å². The lowest BCUT2D eigenvalue weighted by atomic mass is 9.98. The first-order valence-corrected chi connectivity index (χ1v) is 13.6. The summed E-state index contributed by atoms with van der Waals surface area (Å²) in [6.07, 6.45) is 5.27. The van der Waals surface area contributed by atoms with Crippen LogP contribution in [0.5, 0.6) is 5.75 Å². The molecule has 1 aliphatic heterocycles. The molecule has 38 heavy (non-hydrogen) atoms. The van der Waals surface area contributed by atoms with Crippen molar-refractivity contribution in [1.29, 1.82) is 0 Å². The van der Waals surface area contributed by atoms with Gasteiger partial charge in [0.05, 0.1) is 7.11 Å². The molecule has 0 radical (unpaired) electrons. The fraction of sp³-hybridized carbons (Fsp3) is 0.419. The van der Waals surface area contributed by atoms with Crippen LogP contribution in [0.15, 0.2) is 48.6 Å². The summed E-state index contributed by atoms with van der Waals surface area (Å²) < 4.78 is 11.0. The highest BCUT2D eigenvalue weighted by Crippen LogP contribution is 2.32. The molecule has 0 aliphatic carbocycles. The molecule has 0 atom stereocenters. The van der Waals surface area contributed by atoms with Crippen molar-refractivity contribution < 1.29 is 19.1 Å². The van der Waals surface area contributed by atoms with E-state index in [9.17, 15) is 9.59 Å². The largest absolute Gasteiger partial charge is 0.496 e. The average Bonchev–Trinajstić information content (AvgIpc) is 2.90. The molecule has 0 bridgehead atoms. The fourth-order valence-corrected chi connectivity index (χ4v) is 4.41. The molecule has 0 spiro atoms. The monoisotopic (exact) mass is 540 g/mol. The zero-order valence-corrected chi connectivity index (χ0v) is 24.7. The molecule has 0 unspecified atom stereocenters. The summed E-state index contributed by atoms with van der Waals surface area (Å²) in [6, 6.07) is 10.9. The number of hydrogen-bond donors (Lipinski definition) is 1. The smallest absolute Gasteiger partial charge is 0.410 e. The van der Waals surface area contributed by atoms with E-state index >= 15 is 0 Å². The second-order valence-corrected chi connectivity index (χ2v) is 10.0. The molecule has 0 saturated heterocycles. The maximum absolute atomic E-state index is 12.9. The third kappa shape index (κ3) is 8.12. The molecule has 2 aromatic carbocycles. The molecular weight excluding hydrogens is 500 g/mol. The van der Waals surface area contributed by atoms with Gasteiger partial charge in [-0.25, -0.2) is 4.79 Å². The molecule has 2 aromatic rings. The molecule has 0 fully saturated rings. The second-order valence-electron chi connectivity index (χ2n) is 9.64. The van der Waals surface area contributed by atoms with E-state index in [4.69, 9.17) is 21.1 Å². The number of carbonyl (C=O) groups is 2. The Labute approximate surface area is 232 Å². The van der Waals surface area contributed by atoms with E-state index in [1.807, 2.05) is 71.9 Å². The lowest BCUT2D eigenvalue weighted by molar-refractivity contribution is 0.0270. The minimum atomic E-state index is -0.529. The zero-order chi connectivity index (χ0) is 28.5. The number of nitrogens with zero attached hydrogens (tertiary/aromatic N) is 1. The van der Waals surface area contributed by atoms with Crippen molar-refractivity contribution in [2.24, 2.45) is 0 Å². The van der Waals surface area contributed by atoms with E-state index in [0.717, 1.165) is 23.1 Å². The van der Waals surface area contributed by atoms with Crippen molar-refractivity contribution in [2.45, 2.75) is 66.9 Å². The second kappa shape index (κ2) is 14.1. The van der Waals surface area contributed by atoms with Gasteiger partial charge < -0.3 is 19.7 Å². The van der Waals surface area contributed by atoms with Crippen molar-refractivity contribution in [3.8, 4) is 5.75 Å². The number of amides is 2. The Morgan fingerprint density at radius 3 is 2.37 bits per heavy atom. The number of anilines is 1. The van der Waals surface area contributed by atoms with Gasteiger partial charge in [0.15, 0.2) is 0 Å². The summed E-state index contributed by atoms with van der Waals surface area (Å²) in [5, 5.41) is 3.42. The van der Waals surface area contributed by atoms with Gasteiger partial charge in [0, 0.05) is 41.0 Å². The standard InChI is InChI=1S/C29H35ClN2O4.C2H6/c1-7-19(8-2)24-12-10-22(18-26(24)35-6)31-27(33)21-9-11-23(25(30)17-21)20-13-15-32(16-14-20)28(34)36-29(3,4)5;1-2/h7,9-13,17-18H,8,14-16H2,1-6H3,(H,31,33);1-2H3/b19-7+;. The number of nitrogens with one attached hydrogen (secondary N) is 1. The first-order valence-electron chi connectivity index (χ1n) is 13.2. The number of allylic oxidation sites excluding steroid dienone is 2. The van der Waals surface area contributed by atoms with Crippen molar-refractivity contribution in [3.63, 3.8) is 0 Å². The number of carbonyl (C=O) groups excluding carboxylic acids is 2. The van der Waals surface area contributed by atoms with E-state index < -0.39 is 5.60 Å². The van der Waals surface area contributed by atoms with E-state index in [1.54, 1.807) is 24.1 Å². The Balaban J connectivity index is 0.00000247. The fourth-order valence-electron chi connectivity index (χ4n) is 4.11. The molecule has 1 N–H and O–H groups in total. The van der Waals surface area contributed by atoms with Gasteiger partial charge in [-0.2, -0.15) is 0 Å². The van der Waals surface area contributed by atoms with Gasteiger partial charge in [-0.05, 0) is 81.5 Å². The van der Waals surface area contributed by atoms with E-state index in [1.165, 1.54) is 5.57 Å². The maximum atomic E-state index is 12.9. The molecule has 3 rings (SSSR count). The SMILES string of the molecule is C/C=C(\CC)c1ccc(NC(=O)c2ccc(C3=CCN(C(=O)OC(C)(C)C)CC3)c(Cl)c2)cc1OC.CC. The highest BCUT2D eigenvalue weighted by Gasteiger charge is 2.24. The number of benzene rings is 2. The van der Waals surface area contributed by atoms with Crippen LogP contribution in [-0.4, -0.2) is 42.7 Å². The van der Waals surface area contributed by atoms with Crippen LogP contribution in [0.4, 0.5) is 10.5 Å². The lowest BCUT2D eigenvalue weighted by Gasteiger charge is -2.29. The summed E-state index contributed by atoms with van der Waals surface area (Å²) in [5.41, 5.74) is 4.67. The lowest BCUT2D eigenvalue weighted by Crippen LogP contribution is -2.39. The van der Waals surface area contributed by atoms with E-state index in [-0.39, 0.29) is 12.0 Å². The number of halogens is 1. The Morgan fingerprint density at radius 1 is 1.13 bits per heavy atom. The van der Waals surface area contributed by atoms with E-state index in [0.29, 0.717) is 41.5 Å². The Bertz CT molecular complexity index is 1190. The van der Waals surface area contributed by atoms with Crippen LogP contribution in [0.25, 0.3) is 11.1 Å². The van der Waals surface area contributed by atoms with Gasteiger partial charge in [-0.15, -0.1) is 0 Å². The number of hydrogen-bond acceptors (Lipinski definition) is 4. The summed E-state index contributed by atoms with van der Waals surface area (Å²) in [6.45, 7) is 14.7. The summed E-state index contributed by atoms with van der Waals surface area (Å²) in [5.74, 6) is 0.453. The Morgan fingerprint density at radius 2 is 1.84 bits per heavy atom. The van der Waals surface area contributed by atoms with Crippen LogP contribution in [0.2, 0.25) is 5.02 Å². The highest BCUT2D eigenvalue weighted by atomic mass is 35.5.